The molecule has 0 bridgehead atoms. The minimum Gasteiger partial charge on any atom is -0.355 e. The molecule has 0 radical (unpaired) electrons. The van der Waals surface area contributed by atoms with E-state index in [9.17, 15) is 4.79 Å². The highest BCUT2D eigenvalue weighted by Gasteiger charge is 2.42. The van der Waals surface area contributed by atoms with Crippen molar-refractivity contribution in [2.24, 2.45) is 10.4 Å². The summed E-state index contributed by atoms with van der Waals surface area (Å²) in [6.07, 6.45) is 9.29. The first kappa shape index (κ1) is 23.9. The lowest BCUT2D eigenvalue weighted by Gasteiger charge is -2.33. The highest BCUT2D eigenvalue weighted by atomic mass is 127. The number of rotatable bonds is 6. The fourth-order valence-corrected chi connectivity index (χ4v) is 5.47. The third-order valence-electron chi connectivity index (χ3n) is 5.61. The third-order valence-corrected chi connectivity index (χ3v) is 6.84. The number of hydrogen-bond acceptors (Lipinski definition) is 3. The Balaban J connectivity index is 0.00000338. The molecule has 2 N–H and O–H groups in total. The zero-order valence-corrected chi connectivity index (χ0v) is 20.0. The minimum absolute atomic E-state index is 0. The Hall–Kier alpha value is -0.180. The number of amides is 1. The van der Waals surface area contributed by atoms with Gasteiger partial charge in [-0.15, -0.1) is 24.0 Å². The molecule has 2 atom stereocenters. The van der Waals surface area contributed by atoms with Gasteiger partial charge >= 0.3 is 0 Å². The van der Waals surface area contributed by atoms with Gasteiger partial charge in [0.1, 0.15) is 0 Å². The highest BCUT2D eigenvalue weighted by Crippen LogP contribution is 2.39. The van der Waals surface area contributed by atoms with Crippen molar-refractivity contribution in [3.63, 3.8) is 0 Å². The van der Waals surface area contributed by atoms with Gasteiger partial charge in [-0.25, -0.2) is 0 Å². The maximum atomic E-state index is 12.7. The molecule has 2 rings (SSSR count). The van der Waals surface area contributed by atoms with Gasteiger partial charge in [0, 0.05) is 39.0 Å². The van der Waals surface area contributed by atoms with Crippen molar-refractivity contribution in [2.45, 2.75) is 69.6 Å². The van der Waals surface area contributed by atoms with E-state index >= 15 is 0 Å². The molecule has 26 heavy (non-hydrogen) atoms. The molecule has 0 aliphatic heterocycles. The maximum absolute atomic E-state index is 12.7. The quantitative estimate of drug-likeness (QED) is 0.336. The molecule has 0 saturated heterocycles. The van der Waals surface area contributed by atoms with Gasteiger partial charge in [-0.2, -0.15) is 11.8 Å². The van der Waals surface area contributed by atoms with Crippen molar-refractivity contribution < 1.29 is 4.79 Å². The van der Waals surface area contributed by atoms with Crippen LogP contribution in [0, 0.1) is 5.41 Å². The summed E-state index contributed by atoms with van der Waals surface area (Å²) in [5.41, 5.74) is -0.256. The predicted molar refractivity (Wildman–Crippen MR) is 124 cm³/mol. The van der Waals surface area contributed by atoms with E-state index in [1.807, 2.05) is 21.1 Å². The van der Waals surface area contributed by atoms with Gasteiger partial charge < -0.3 is 15.5 Å². The Labute approximate surface area is 180 Å². The molecule has 0 heterocycles. The van der Waals surface area contributed by atoms with Gasteiger partial charge in [0.2, 0.25) is 5.91 Å². The molecule has 0 spiro atoms. The van der Waals surface area contributed by atoms with Crippen LogP contribution >= 0.6 is 35.7 Å². The molecule has 2 aliphatic rings. The first-order chi connectivity index (χ1) is 12.0. The molecule has 2 fully saturated rings. The molecule has 2 aliphatic carbocycles. The molecule has 152 valence electrons. The van der Waals surface area contributed by atoms with Crippen LogP contribution in [0.4, 0.5) is 0 Å². The second kappa shape index (κ2) is 11.6. The van der Waals surface area contributed by atoms with Gasteiger partial charge in [-0.3, -0.25) is 9.79 Å². The van der Waals surface area contributed by atoms with E-state index in [-0.39, 0.29) is 35.3 Å². The Kier molecular flexibility index (Phi) is 10.7. The molecule has 5 nitrogen and oxygen atoms in total. The summed E-state index contributed by atoms with van der Waals surface area (Å²) in [6, 6.07) is 0.494. The van der Waals surface area contributed by atoms with E-state index < -0.39 is 0 Å². The summed E-state index contributed by atoms with van der Waals surface area (Å²) < 4.78 is 0. The van der Waals surface area contributed by atoms with E-state index in [0.717, 1.165) is 36.9 Å². The van der Waals surface area contributed by atoms with E-state index in [0.29, 0.717) is 12.6 Å². The number of thioether (sulfide) groups is 1. The predicted octanol–water partition coefficient (Wildman–Crippen LogP) is 3.48. The molecule has 1 amide bonds. The van der Waals surface area contributed by atoms with Crippen LogP contribution in [0.3, 0.4) is 0 Å². The van der Waals surface area contributed by atoms with E-state index in [2.05, 4.69) is 34.3 Å². The SMILES string of the molecule is CCSC1CCCC(NC(=NC)NCC2(C(=O)N(C)C)CCCC2)C1.I. The van der Waals surface area contributed by atoms with Crippen LogP contribution in [-0.2, 0) is 4.79 Å². The average Bonchev–Trinajstić information content (AvgIpc) is 3.08. The standard InChI is InChI=1S/C19H36N4OS.HI/c1-5-25-16-10-8-9-15(13-16)22-18(20-2)21-14-19(11-6-7-12-19)17(24)23(3)4;/h15-16H,5-14H2,1-4H3,(H2,20,21,22);1H. The molecule has 0 aromatic carbocycles. The normalized spacial score (nSPS) is 25.3. The summed E-state index contributed by atoms with van der Waals surface area (Å²) in [5.74, 6) is 2.30. The number of carbonyl (C=O) groups is 1. The van der Waals surface area contributed by atoms with Crippen LogP contribution in [0.2, 0.25) is 0 Å². The van der Waals surface area contributed by atoms with Crippen LogP contribution in [-0.4, -0.2) is 61.5 Å². The lowest BCUT2D eigenvalue weighted by Crippen LogP contribution is -2.51. The highest BCUT2D eigenvalue weighted by molar-refractivity contribution is 14.0. The monoisotopic (exact) mass is 496 g/mol. The van der Waals surface area contributed by atoms with Crippen molar-refractivity contribution >= 4 is 47.6 Å². The summed E-state index contributed by atoms with van der Waals surface area (Å²) in [6.45, 7) is 2.93. The van der Waals surface area contributed by atoms with Gasteiger partial charge in [0.05, 0.1) is 5.41 Å². The van der Waals surface area contributed by atoms with Crippen molar-refractivity contribution in [2.75, 3.05) is 33.4 Å². The number of guanidine groups is 1. The largest absolute Gasteiger partial charge is 0.355 e. The number of nitrogens with zero attached hydrogens (tertiary/aromatic N) is 2. The smallest absolute Gasteiger partial charge is 0.230 e. The third kappa shape index (κ3) is 6.46. The summed E-state index contributed by atoms with van der Waals surface area (Å²) in [5, 5.41) is 7.84. The Bertz CT molecular complexity index is 464. The van der Waals surface area contributed by atoms with Gasteiger partial charge in [0.25, 0.3) is 0 Å². The topological polar surface area (TPSA) is 56.7 Å². The first-order valence-electron chi connectivity index (χ1n) is 9.81. The van der Waals surface area contributed by atoms with Crippen LogP contribution < -0.4 is 10.6 Å². The van der Waals surface area contributed by atoms with Gasteiger partial charge in [0.15, 0.2) is 5.96 Å². The fraction of sp³-hybridized carbons (Fsp3) is 0.895. The Morgan fingerprint density at radius 1 is 1.23 bits per heavy atom. The summed E-state index contributed by atoms with van der Waals surface area (Å²) >= 11 is 2.08. The van der Waals surface area contributed by atoms with Crippen molar-refractivity contribution in [3.8, 4) is 0 Å². The number of halogens is 1. The second-order valence-electron chi connectivity index (χ2n) is 7.70. The second-order valence-corrected chi connectivity index (χ2v) is 9.28. The minimum atomic E-state index is -0.256. The molecule has 2 saturated carbocycles. The van der Waals surface area contributed by atoms with Gasteiger partial charge in [-0.1, -0.05) is 26.2 Å². The van der Waals surface area contributed by atoms with Crippen molar-refractivity contribution in [3.05, 3.63) is 0 Å². The maximum Gasteiger partial charge on any atom is 0.230 e. The number of hydrogen-bond donors (Lipinski definition) is 2. The number of aliphatic imine (C=N–C) groups is 1. The lowest BCUT2D eigenvalue weighted by atomic mass is 9.84. The van der Waals surface area contributed by atoms with Crippen LogP contribution in [0.1, 0.15) is 58.3 Å². The van der Waals surface area contributed by atoms with Crippen LogP contribution in [0.5, 0.6) is 0 Å². The lowest BCUT2D eigenvalue weighted by molar-refractivity contribution is -0.138. The molecular weight excluding hydrogens is 459 g/mol. The zero-order chi connectivity index (χ0) is 18.3. The number of nitrogens with one attached hydrogen (secondary N) is 2. The zero-order valence-electron chi connectivity index (χ0n) is 16.8. The molecule has 0 aromatic heterocycles. The molecular formula is C19H37IN4OS. The molecule has 2 unspecified atom stereocenters. The summed E-state index contributed by atoms with van der Waals surface area (Å²) in [7, 11) is 5.55. The van der Waals surface area contributed by atoms with E-state index in [1.165, 1.54) is 31.4 Å². The Morgan fingerprint density at radius 3 is 2.50 bits per heavy atom. The van der Waals surface area contributed by atoms with Crippen molar-refractivity contribution in [1.29, 1.82) is 0 Å². The van der Waals surface area contributed by atoms with Crippen LogP contribution in [0.25, 0.3) is 0 Å². The van der Waals surface area contributed by atoms with E-state index in [1.54, 1.807) is 4.90 Å². The molecule has 7 heteroatoms. The van der Waals surface area contributed by atoms with Crippen molar-refractivity contribution in [1.82, 2.24) is 15.5 Å². The van der Waals surface area contributed by atoms with Crippen LogP contribution in [0.15, 0.2) is 4.99 Å². The number of carbonyl (C=O) groups excluding carboxylic acids is 1. The fourth-order valence-electron chi connectivity index (χ4n) is 4.30. The first-order valence-corrected chi connectivity index (χ1v) is 10.9. The Morgan fingerprint density at radius 2 is 1.92 bits per heavy atom. The summed E-state index contributed by atoms with van der Waals surface area (Å²) in [4.78, 5) is 18.9. The molecule has 0 aromatic rings. The average molecular weight is 497 g/mol. The van der Waals surface area contributed by atoms with Gasteiger partial charge in [-0.05, 0) is 37.9 Å². The van der Waals surface area contributed by atoms with E-state index in [4.69, 9.17) is 0 Å².